The molecule has 0 aliphatic rings. The van der Waals surface area contributed by atoms with Crippen molar-refractivity contribution in [3.05, 3.63) is 53.6 Å². The van der Waals surface area contributed by atoms with Crippen LogP contribution in [0.25, 0.3) is 0 Å². The summed E-state index contributed by atoms with van der Waals surface area (Å²) in [6.45, 7) is 0. The summed E-state index contributed by atoms with van der Waals surface area (Å²) >= 11 is 0. The number of hydrazine groups is 1. The summed E-state index contributed by atoms with van der Waals surface area (Å²) in [6.07, 6.45) is 1.50. The number of pyridine rings is 1. The second-order valence-electron chi connectivity index (χ2n) is 4.05. The van der Waals surface area contributed by atoms with Crippen LogP contribution < -0.4 is 20.7 Å². The third kappa shape index (κ3) is 2.56. The van der Waals surface area contributed by atoms with Crippen LogP contribution in [0.4, 0.5) is 4.39 Å². The molecule has 3 N–H and O–H groups in total. The van der Waals surface area contributed by atoms with Gasteiger partial charge >= 0.3 is 0 Å². The first-order chi connectivity index (χ1) is 9.72. The van der Waals surface area contributed by atoms with Crippen LogP contribution in [0.15, 0.2) is 36.5 Å². The number of rotatable bonds is 5. The van der Waals surface area contributed by atoms with E-state index in [0.717, 1.165) is 0 Å². The number of nitrogens with one attached hydrogen (secondary N) is 1. The van der Waals surface area contributed by atoms with E-state index in [0.29, 0.717) is 17.1 Å². The number of methoxy groups -OCH3 is 2. The molecule has 20 heavy (non-hydrogen) atoms. The van der Waals surface area contributed by atoms with E-state index in [4.69, 9.17) is 15.3 Å². The molecule has 2 rings (SSSR count). The van der Waals surface area contributed by atoms with Crippen LogP contribution in [0.2, 0.25) is 0 Å². The van der Waals surface area contributed by atoms with Gasteiger partial charge in [-0.1, -0.05) is 6.07 Å². The lowest BCUT2D eigenvalue weighted by Gasteiger charge is -2.21. The summed E-state index contributed by atoms with van der Waals surface area (Å²) in [6, 6.07) is 7.46. The molecule has 0 fully saturated rings. The molecule has 0 radical (unpaired) electrons. The highest BCUT2D eigenvalue weighted by molar-refractivity contribution is 5.49. The van der Waals surface area contributed by atoms with Crippen molar-refractivity contribution >= 4 is 0 Å². The highest BCUT2D eigenvalue weighted by atomic mass is 19.1. The number of halogens is 1. The maximum atomic E-state index is 13.9. The summed E-state index contributed by atoms with van der Waals surface area (Å²) in [4.78, 5) is 4.05. The minimum atomic E-state index is -0.678. The molecule has 1 atom stereocenters. The average molecular weight is 277 g/mol. The number of aromatic nitrogens is 1. The predicted octanol–water partition coefficient (Wildman–Crippen LogP) is 1.79. The molecule has 1 heterocycles. The van der Waals surface area contributed by atoms with Crippen molar-refractivity contribution in [3.63, 3.8) is 0 Å². The summed E-state index contributed by atoms with van der Waals surface area (Å²) in [5, 5.41) is 0. The SMILES string of the molecule is COc1cccc(OC)c1C(NN)c1ncccc1F. The molecular weight excluding hydrogens is 261 g/mol. The zero-order chi connectivity index (χ0) is 14.5. The topological polar surface area (TPSA) is 69.4 Å². The Morgan fingerprint density at radius 3 is 2.30 bits per heavy atom. The van der Waals surface area contributed by atoms with Gasteiger partial charge in [0.1, 0.15) is 17.3 Å². The second-order valence-corrected chi connectivity index (χ2v) is 4.05. The fourth-order valence-electron chi connectivity index (χ4n) is 2.07. The van der Waals surface area contributed by atoms with E-state index >= 15 is 0 Å². The Balaban J connectivity index is 2.60. The van der Waals surface area contributed by atoms with Crippen molar-refractivity contribution in [3.8, 4) is 11.5 Å². The van der Waals surface area contributed by atoms with E-state index in [9.17, 15) is 4.39 Å². The number of nitrogens with zero attached hydrogens (tertiary/aromatic N) is 1. The van der Waals surface area contributed by atoms with E-state index in [-0.39, 0.29) is 5.69 Å². The summed E-state index contributed by atoms with van der Waals surface area (Å²) in [5.74, 6) is 6.21. The quantitative estimate of drug-likeness (QED) is 0.644. The Kier molecular flexibility index (Phi) is 4.49. The largest absolute Gasteiger partial charge is 0.496 e. The number of hydrogen-bond donors (Lipinski definition) is 2. The van der Waals surface area contributed by atoms with Crippen LogP contribution in [0, 0.1) is 5.82 Å². The van der Waals surface area contributed by atoms with Crippen LogP contribution in [0.3, 0.4) is 0 Å². The average Bonchev–Trinajstić information content (AvgIpc) is 2.49. The number of benzene rings is 1. The molecular formula is C14H16FN3O2. The minimum absolute atomic E-state index is 0.179. The number of nitrogens with two attached hydrogens (primary N) is 1. The van der Waals surface area contributed by atoms with Gasteiger partial charge in [-0.25, -0.2) is 9.82 Å². The molecule has 5 nitrogen and oxygen atoms in total. The van der Waals surface area contributed by atoms with Gasteiger partial charge < -0.3 is 9.47 Å². The Morgan fingerprint density at radius 1 is 1.15 bits per heavy atom. The molecule has 0 spiro atoms. The monoisotopic (exact) mass is 277 g/mol. The lowest BCUT2D eigenvalue weighted by atomic mass is 10.0. The van der Waals surface area contributed by atoms with Crippen molar-refractivity contribution in [1.82, 2.24) is 10.4 Å². The van der Waals surface area contributed by atoms with Gasteiger partial charge in [-0.3, -0.25) is 10.8 Å². The lowest BCUT2D eigenvalue weighted by molar-refractivity contribution is 0.375. The molecule has 6 heteroatoms. The third-order valence-corrected chi connectivity index (χ3v) is 2.98. The Hall–Kier alpha value is -2.18. The molecule has 1 aromatic heterocycles. The maximum Gasteiger partial charge on any atom is 0.146 e. The van der Waals surface area contributed by atoms with E-state index in [2.05, 4.69) is 10.4 Å². The fraction of sp³-hybridized carbons (Fsp3) is 0.214. The molecule has 0 amide bonds. The summed E-state index contributed by atoms with van der Waals surface area (Å²) < 4.78 is 24.6. The van der Waals surface area contributed by atoms with Crippen LogP contribution in [0.5, 0.6) is 11.5 Å². The van der Waals surface area contributed by atoms with Crippen LogP contribution >= 0.6 is 0 Å². The van der Waals surface area contributed by atoms with Gasteiger partial charge in [-0.15, -0.1) is 0 Å². The van der Waals surface area contributed by atoms with Crippen LogP contribution in [0.1, 0.15) is 17.3 Å². The van der Waals surface area contributed by atoms with Crippen molar-refractivity contribution in [2.75, 3.05) is 14.2 Å². The Bertz CT molecular complexity index is 570. The molecule has 0 bridgehead atoms. The predicted molar refractivity (Wildman–Crippen MR) is 72.9 cm³/mol. The molecule has 0 saturated heterocycles. The zero-order valence-electron chi connectivity index (χ0n) is 11.3. The lowest BCUT2D eigenvalue weighted by Crippen LogP contribution is -2.31. The minimum Gasteiger partial charge on any atom is -0.496 e. The first-order valence-electron chi connectivity index (χ1n) is 6.00. The molecule has 106 valence electrons. The smallest absolute Gasteiger partial charge is 0.146 e. The van der Waals surface area contributed by atoms with Crippen LogP contribution in [-0.4, -0.2) is 19.2 Å². The van der Waals surface area contributed by atoms with E-state index in [1.165, 1.54) is 32.5 Å². The molecule has 0 aliphatic heterocycles. The van der Waals surface area contributed by atoms with Gasteiger partial charge in [0.05, 0.1) is 31.5 Å². The van der Waals surface area contributed by atoms with Crippen molar-refractivity contribution in [2.24, 2.45) is 5.84 Å². The molecule has 1 aromatic carbocycles. The van der Waals surface area contributed by atoms with E-state index in [1.54, 1.807) is 18.2 Å². The number of hydrogen-bond acceptors (Lipinski definition) is 5. The van der Waals surface area contributed by atoms with Gasteiger partial charge in [0.2, 0.25) is 0 Å². The molecule has 0 aliphatic carbocycles. The summed E-state index contributed by atoms with van der Waals surface area (Å²) in [5.41, 5.74) is 3.34. The van der Waals surface area contributed by atoms with E-state index in [1.807, 2.05) is 0 Å². The maximum absolute atomic E-state index is 13.9. The Labute approximate surface area is 116 Å². The normalized spacial score (nSPS) is 12.0. The van der Waals surface area contributed by atoms with Crippen molar-refractivity contribution in [2.45, 2.75) is 6.04 Å². The fourth-order valence-corrected chi connectivity index (χ4v) is 2.07. The van der Waals surface area contributed by atoms with Crippen molar-refractivity contribution < 1.29 is 13.9 Å². The van der Waals surface area contributed by atoms with E-state index < -0.39 is 11.9 Å². The zero-order valence-corrected chi connectivity index (χ0v) is 11.3. The first-order valence-corrected chi connectivity index (χ1v) is 6.00. The summed E-state index contributed by atoms with van der Waals surface area (Å²) in [7, 11) is 3.06. The number of ether oxygens (including phenoxy) is 2. The van der Waals surface area contributed by atoms with Gasteiger partial charge in [0, 0.05) is 6.20 Å². The first kappa shape index (κ1) is 14.2. The third-order valence-electron chi connectivity index (χ3n) is 2.98. The van der Waals surface area contributed by atoms with Crippen molar-refractivity contribution in [1.29, 1.82) is 0 Å². The second kappa shape index (κ2) is 6.31. The van der Waals surface area contributed by atoms with Crippen LogP contribution in [-0.2, 0) is 0 Å². The standard InChI is InChI=1S/C14H16FN3O2/c1-19-10-6-3-7-11(20-2)12(10)14(18-16)13-9(15)5-4-8-17-13/h3-8,14,18H,16H2,1-2H3. The highest BCUT2D eigenvalue weighted by Crippen LogP contribution is 2.36. The van der Waals surface area contributed by atoms with Gasteiger partial charge in [-0.05, 0) is 24.3 Å². The highest BCUT2D eigenvalue weighted by Gasteiger charge is 2.25. The van der Waals surface area contributed by atoms with Gasteiger partial charge in [0.15, 0.2) is 0 Å². The van der Waals surface area contributed by atoms with Gasteiger partial charge in [0.25, 0.3) is 0 Å². The molecule has 0 saturated carbocycles. The molecule has 1 unspecified atom stereocenters. The van der Waals surface area contributed by atoms with Gasteiger partial charge in [-0.2, -0.15) is 0 Å². The Morgan fingerprint density at radius 2 is 1.80 bits per heavy atom. The molecule has 2 aromatic rings.